The molecule has 3 unspecified atom stereocenters. The van der Waals surface area contributed by atoms with Gasteiger partial charge in [0.1, 0.15) is 17.3 Å². The average molecular weight is 361 g/mol. The molecule has 0 heterocycles. The van der Waals surface area contributed by atoms with Gasteiger partial charge in [0.05, 0.1) is 18.3 Å². The van der Waals surface area contributed by atoms with Gasteiger partial charge >= 0.3 is 0 Å². The zero-order valence-corrected chi connectivity index (χ0v) is 15.5. The van der Waals surface area contributed by atoms with E-state index in [9.17, 15) is 14.4 Å². The molecule has 0 aromatic carbocycles. The van der Waals surface area contributed by atoms with Crippen LogP contribution >= 0.6 is 0 Å². The Morgan fingerprint density at radius 1 is 0.636 bits per heavy atom. The number of Topliss-reactive ketones (excluding diaryl/α,β-unsaturated/α-hetero) is 3. The van der Waals surface area contributed by atoms with Crippen LogP contribution in [0.5, 0.6) is 0 Å². The molecule has 1 radical (unpaired) electrons. The van der Waals surface area contributed by atoms with E-state index in [1.165, 1.54) is 20.8 Å². The second-order valence-electron chi connectivity index (χ2n) is 5.27. The first-order valence-electron chi connectivity index (χ1n) is 6.90. The summed E-state index contributed by atoms with van der Waals surface area (Å²) >= 11 is 0. The SMILES string of the molecule is CC(=O)CC(C)O.CC(=O)CC(C)O.CC(=O)CC(C)O.[Mn]. The van der Waals surface area contributed by atoms with Crippen molar-refractivity contribution in [3.63, 3.8) is 0 Å². The van der Waals surface area contributed by atoms with E-state index in [1.54, 1.807) is 20.8 Å². The van der Waals surface area contributed by atoms with Gasteiger partial charge in [0.25, 0.3) is 0 Å². The Hall–Kier alpha value is -0.591. The van der Waals surface area contributed by atoms with E-state index in [0.29, 0.717) is 0 Å². The summed E-state index contributed by atoms with van der Waals surface area (Å²) in [7, 11) is 0. The fourth-order valence-corrected chi connectivity index (χ4v) is 1.25. The molecule has 0 fully saturated rings. The molecule has 6 nitrogen and oxygen atoms in total. The molecule has 0 aromatic rings. The topological polar surface area (TPSA) is 112 Å². The molecule has 0 saturated carbocycles. The van der Waals surface area contributed by atoms with Crippen molar-refractivity contribution >= 4 is 17.3 Å². The molecule has 0 rings (SSSR count). The van der Waals surface area contributed by atoms with E-state index in [0.717, 1.165) is 0 Å². The number of rotatable bonds is 6. The minimum Gasteiger partial charge on any atom is -0.393 e. The molecule has 3 atom stereocenters. The summed E-state index contributed by atoms with van der Waals surface area (Å²) in [6, 6.07) is 0. The molecule has 133 valence electrons. The number of aliphatic hydroxyl groups is 3. The smallest absolute Gasteiger partial charge is 0.132 e. The molecule has 0 aliphatic rings. The van der Waals surface area contributed by atoms with Crippen LogP contribution in [-0.2, 0) is 31.5 Å². The Bertz CT molecular complexity index is 253. The van der Waals surface area contributed by atoms with Crippen molar-refractivity contribution < 1.29 is 46.8 Å². The molecule has 22 heavy (non-hydrogen) atoms. The summed E-state index contributed by atoms with van der Waals surface area (Å²) in [6.45, 7) is 9.19. The first-order chi connectivity index (χ1) is 9.38. The summed E-state index contributed by atoms with van der Waals surface area (Å²) in [5.41, 5.74) is 0. The summed E-state index contributed by atoms with van der Waals surface area (Å²) in [5, 5.41) is 25.5. The van der Waals surface area contributed by atoms with E-state index in [-0.39, 0.29) is 53.7 Å². The molecular formula is C15H30MnO6. The van der Waals surface area contributed by atoms with Crippen molar-refractivity contribution in [3.05, 3.63) is 0 Å². The first-order valence-corrected chi connectivity index (χ1v) is 6.90. The maximum absolute atomic E-state index is 10.1. The number of ketones is 3. The minimum atomic E-state index is -0.475. The Morgan fingerprint density at radius 3 is 0.773 bits per heavy atom. The van der Waals surface area contributed by atoms with Crippen molar-refractivity contribution in [2.45, 2.75) is 79.1 Å². The Balaban J connectivity index is -0.000000108. The first kappa shape index (κ1) is 29.4. The van der Waals surface area contributed by atoms with Crippen LogP contribution in [0.1, 0.15) is 60.8 Å². The van der Waals surface area contributed by atoms with E-state index in [4.69, 9.17) is 15.3 Å². The molecule has 0 amide bonds. The Morgan fingerprint density at radius 2 is 0.773 bits per heavy atom. The number of hydrogen-bond donors (Lipinski definition) is 3. The second-order valence-corrected chi connectivity index (χ2v) is 5.27. The fourth-order valence-electron chi connectivity index (χ4n) is 1.25. The van der Waals surface area contributed by atoms with Crippen molar-refractivity contribution in [1.29, 1.82) is 0 Å². The summed E-state index contributed by atoms with van der Waals surface area (Å²) < 4.78 is 0. The van der Waals surface area contributed by atoms with Gasteiger partial charge in [-0.15, -0.1) is 0 Å². The Kier molecular flexibility index (Phi) is 24.7. The van der Waals surface area contributed by atoms with Gasteiger partial charge in [-0.1, -0.05) is 0 Å². The van der Waals surface area contributed by atoms with Crippen LogP contribution < -0.4 is 0 Å². The van der Waals surface area contributed by atoms with Gasteiger partial charge in [-0.25, -0.2) is 0 Å². The monoisotopic (exact) mass is 361 g/mol. The van der Waals surface area contributed by atoms with Crippen LogP contribution in [0.4, 0.5) is 0 Å². The zero-order valence-electron chi connectivity index (χ0n) is 14.3. The van der Waals surface area contributed by atoms with Gasteiger partial charge in [-0.3, -0.25) is 14.4 Å². The van der Waals surface area contributed by atoms with Gasteiger partial charge in [0.15, 0.2) is 0 Å². The largest absolute Gasteiger partial charge is 0.393 e. The van der Waals surface area contributed by atoms with Crippen molar-refractivity contribution in [2.24, 2.45) is 0 Å². The maximum atomic E-state index is 10.1. The van der Waals surface area contributed by atoms with Crippen LogP contribution in [0.15, 0.2) is 0 Å². The summed E-state index contributed by atoms with van der Waals surface area (Å²) in [6.07, 6.45) is -0.590. The van der Waals surface area contributed by atoms with E-state index >= 15 is 0 Å². The predicted octanol–water partition coefficient (Wildman–Crippen LogP) is 1.04. The van der Waals surface area contributed by atoms with Crippen LogP contribution in [0.2, 0.25) is 0 Å². The third kappa shape index (κ3) is 50.5. The molecule has 7 heteroatoms. The summed E-state index contributed by atoms with van der Waals surface area (Å²) in [5.74, 6) is 0.111. The van der Waals surface area contributed by atoms with Gasteiger partial charge in [0, 0.05) is 36.3 Å². The average Bonchev–Trinajstić information content (AvgIpc) is 2.10. The molecule has 0 aliphatic heterocycles. The predicted molar refractivity (Wildman–Crippen MR) is 80.9 cm³/mol. The molecule has 0 bridgehead atoms. The molecule has 0 spiro atoms. The van der Waals surface area contributed by atoms with E-state index in [1.807, 2.05) is 0 Å². The third-order valence-electron chi connectivity index (χ3n) is 1.75. The molecule has 0 saturated heterocycles. The third-order valence-corrected chi connectivity index (χ3v) is 1.75. The molecular weight excluding hydrogens is 331 g/mol. The number of carbonyl (C=O) groups is 3. The van der Waals surface area contributed by atoms with Crippen molar-refractivity contribution in [3.8, 4) is 0 Å². The zero-order chi connectivity index (χ0) is 17.6. The van der Waals surface area contributed by atoms with Crippen LogP contribution in [0.3, 0.4) is 0 Å². The molecule has 0 aliphatic carbocycles. The van der Waals surface area contributed by atoms with Crippen LogP contribution in [0, 0.1) is 0 Å². The quantitative estimate of drug-likeness (QED) is 0.610. The van der Waals surface area contributed by atoms with Crippen molar-refractivity contribution in [2.75, 3.05) is 0 Å². The minimum absolute atomic E-state index is 0. The maximum Gasteiger partial charge on any atom is 0.132 e. The number of hydrogen-bond acceptors (Lipinski definition) is 6. The summed E-state index contributed by atoms with van der Waals surface area (Å²) in [4.78, 5) is 30.3. The second kappa shape index (κ2) is 18.5. The standard InChI is InChI=1S/3C5H10O2.Mn/c3*1-4(6)3-5(2)7;/h3*4,6H,3H2,1-2H3;. The molecule has 0 aromatic heterocycles. The number of carbonyl (C=O) groups excluding carboxylic acids is 3. The van der Waals surface area contributed by atoms with E-state index < -0.39 is 18.3 Å². The van der Waals surface area contributed by atoms with Gasteiger partial charge in [-0.05, 0) is 41.5 Å². The Labute approximate surface area is 143 Å². The van der Waals surface area contributed by atoms with Gasteiger partial charge in [-0.2, -0.15) is 0 Å². The fraction of sp³-hybridized carbons (Fsp3) is 0.800. The van der Waals surface area contributed by atoms with Gasteiger partial charge in [0.2, 0.25) is 0 Å². The van der Waals surface area contributed by atoms with Crippen LogP contribution in [-0.4, -0.2) is 51.0 Å². The molecule has 3 N–H and O–H groups in total. The normalized spacial score (nSPS) is 13.0. The number of aliphatic hydroxyl groups excluding tert-OH is 3. The van der Waals surface area contributed by atoms with E-state index in [2.05, 4.69) is 0 Å². The van der Waals surface area contributed by atoms with Gasteiger partial charge < -0.3 is 15.3 Å². The van der Waals surface area contributed by atoms with Crippen molar-refractivity contribution in [1.82, 2.24) is 0 Å². The van der Waals surface area contributed by atoms with Crippen LogP contribution in [0.25, 0.3) is 0 Å².